The second-order valence-electron chi connectivity index (χ2n) is 9.40. The highest BCUT2D eigenvalue weighted by Crippen LogP contribution is 2.36. The summed E-state index contributed by atoms with van der Waals surface area (Å²) in [7, 11) is 1.85. The zero-order chi connectivity index (χ0) is 25.1. The van der Waals surface area contributed by atoms with Gasteiger partial charge < -0.3 is 15.5 Å². The summed E-state index contributed by atoms with van der Waals surface area (Å²) in [6.07, 6.45) is 8.46. The molecule has 1 aliphatic rings. The van der Waals surface area contributed by atoms with Crippen LogP contribution in [0.15, 0.2) is 43.2 Å². The summed E-state index contributed by atoms with van der Waals surface area (Å²) < 4.78 is 3.45. The fourth-order valence-electron chi connectivity index (χ4n) is 4.83. The number of rotatable bonds is 3. The van der Waals surface area contributed by atoms with E-state index < -0.39 is 5.54 Å². The van der Waals surface area contributed by atoms with Gasteiger partial charge in [-0.15, -0.1) is 0 Å². The molecular weight excluding hydrogens is 446 g/mol. The maximum atomic E-state index is 13.5. The number of nitrogens with two attached hydrogens (primary N) is 1. The molecule has 0 spiro atoms. The van der Waals surface area contributed by atoms with E-state index in [0.29, 0.717) is 23.6 Å². The number of aromatic nitrogens is 6. The van der Waals surface area contributed by atoms with Crippen LogP contribution in [0.25, 0.3) is 27.9 Å². The van der Waals surface area contributed by atoms with E-state index in [9.17, 15) is 9.59 Å². The van der Waals surface area contributed by atoms with Crippen molar-refractivity contribution < 1.29 is 9.59 Å². The third-order valence-corrected chi connectivity index (χ3v) is 6.58. The van der Waals surface area contributed by atoms with Crippen LogP contribution in [-0.4, -0.2) is 64.2 Å². The van der Waals surface area contributed by atoms with E-state index in [1.54, 1.807) is 51.4 Å². The predicted octanol–water partition coefficient (Wildman–Crippen LogP) is 2.14. The Kier molecular flexibility index (Phi) is 5.08. The van der Waals surface area contributed by atoms with Gasteiger partial charge in [0.2, 0.25) is 5.91 Å². The van der Waals surface area contributed by atoms with Gasteiger partial charge in [-0.3, -0.25) is 19.3 Å². The van der Waals surface area contributed by atoms with Crippen molar-refractivity contribution in [2.75, 3.05) is 17.2 Å². The van der Waals surface area contributed by atoms with Gasteiger partial charge in [-0.05, 0) is 32.9 Å². The number of hydrogen-bond acceptors (Lipinski definition) is 7. The molecule has 180 valence electrons. The van der Waals surface area contributed by atoms with Crippen molar-refractivity contribution in [2.45, 2.75) is 39.3 Å². The number of nitrogen functional groups attached to an aromatic ring is 1. The lowest BCUT2D eigenvalue weighted by Crippen LogP contribution is -2.67. The largest absolute Gasteiger partial charge is 0.382 e. The smallest absolute Gasteiger partial charge is 0.252 e. The zero-order valence-corrected chi connectivity index (χ0v) is 20.3. The minimum absolute atomic E-state index is 0.124. The molecule has 2 N–H and O–H groups in total. The minimum Gasteiger partial charge on any atom is -0.382 e. The van der Waals surface area contributed by atoms with Crippen molar-refractivity contribution in [1.82, 2.24) is 34.3 Å². The van der Waals surface area contributed by atoms with Crippen molar-refractivity contribution in [3.63, 3.8) is 0 Å². The number of aryl methyl sites for hydroxylation is 1. The lowest BCUT2D eigenvalue weighted by molar-refractivity contribution is -0.146. The second-order valence-corrected chi connectivity index (χ2v) is 9.40. The van der Waals surface area contributed by atoms with Crippen LogP contribution in [0.4, 0.5) is 11.5 Å². The first-order chi connectivity index (χ1) is 16.6. The molecule has 11 heteroatoms. The maximum Gasteiger partial charge on any atom is 0.252 e. The van der Waals surface area contributed by atoms with Crippen molar-refractivity contribution in [2.24, 2.45) is 7.05 Å². The summed E-state index contributed by atoms with van der Waals surface area (Å²) in [6, 6.07) is 3.67. The van der Waals surface area contributed by atoms with Crippen molar-refractivity contribution in [3.05, 3.63) is 43.2 Å². The molecule has 0 radical (unpaired) electrons. The number of piperazine rings is 1. The first-order valence-electron chi connectivity index (χ1n) is 11.3. The molecular formula is C24H27N9O2. The molecule has 5 rings (SSSR count). The monoisotopic (exact) mass is 473 g/mol. The summed E-state index contributed by atoms with van der Waals surface area (Å²) >= 11 is 0. The topological polar surface area (TPSA) is 128 Å². The van der Waals surface area contributed by atoms with E-state index >= 15 is 0 Å². The van der Waals surface area contributed by atoms with Gasteiger partial charge in [0.15, 0.2) is 5.82 Å². The van der Waals surface area contributed by atoms with Gasteiger partial charge in [0.25, 0.3) is 5.91 Å². The molecule has 1 atom stereocenters. The van der Waals surface area contributed by atoms with Crippen molar-refractivity contribution in [3.8, 4) is 22.4 Å². The molecule has 1 aliphatic heterocycles. The highest BCUT2D eigenvalue weighted by molar-refractivity contribution is 6.03. The van der Waals surface area contributed by atoms with Crippen molar-refractivity contribution >= 4 is 28.8 Å². The molecule has 0 bridgehead atoms. The Labute approximate surface area is 202 Å². The Balaban J connectivity index is 1.62. The summed E-state index contributed by atoms with van der Waals surface area (Å²) in [4.78, 5) is 37.6. The summed E-state index contributed by atoms with van der Waals surface area (Å²) in [5, 5.41) is 8.72. The van der Waals surface area contributed by atoms with Crippen LogP contribution in [0, 0.1) is 0 Å². The van der Waals surface area contributed by atoms with Crippen LogP contribution in [0.3, 0.4) is 0 Å². The summed E-state index contributed by atoms with van der Waals surface area (Å²) in [6.45, 7) is 7.39. The van der Waals surface area contributed by atoms with E-state index in [2.05, 4.69) is 20.2 Å². The Hall–Kier alpha value is -4.28. The van der Waals surface area contributed by atoms with Gasteiger partial charge in [0.1, 0.15) is 17.4 Å². The number of pyridine rings is 1. The minimum atomic E-state index is -0.967. The molecule has 2 amide bonds. The third kappa shape index (κ3) is 3.50. The molecule has 11 nitrogen and oxygen atoms in total. The van der Waals surface area contributed by atoms with E-state index in [1.807, 2.05) is 32.3 Å². The zero-order valence-electron chi connectivity index (χ0n) is 20.3. The first-order valence-corrected chi connectivity index (χ1v) is 11.3. The Morgan fingerprint density at radius 3 is 2.60 bits per heavy atom. The number of carbonyl (C=O) groups is 2. The molecule has 4 aromatic heterocycles. The van der Waals surface area contributed by atoms with Gasteiger partial charge in [0, 0.05) is 49.6 Å². The van der Waals surface area contributed by atoms with Crippen LogP contribution in [0.5, 0.6) is 0 Å². The Morgan fingerprint density at radius 2 is 1.91 bits per heavy atom. The standard InChI is InChI=1S/C24H27N9O2/c1-14-11-31(15(2)34)24(3,4)23(35)32(14)18-6-16(8-26-10-18)20-7-19(17-9-28-30(5)12-17)21-22(25)27-13-29-33(20)21/h6-10,12-14H,11H2,1-5H3,(H2,25,27,29)/t14-/m0/s1. The number of carbonyl (C=O) groups excluding carboxylic acids is 2. The normalized spacial score (nSPS) is 17.9. The van der Waals surface area contributed by atoms with Crippen LogP contribution >= 0.6 is 0 Å². The first kappa shape index (κ1) is 22.5. The molecule has 0 aliphatic carbocycles. The van der Waals surface area contributed by atoms with Crippen LogP contribution in [0.1, 0.15) is 27.7 Å². The van der Waals surface area contributed by atoms with E-state index in [4.69, 9.17) is 5.73 Å². The van der Waals surface area contributed by atoms with E-state index in [1.165, 1.54) is 13.3 Å². The van der Waals surface area contributed by atoms with E-state index in [0.717, 1.165) is 22.4 Å². The van der Waals surface area contributed by atoms with Gasteiger partial charge in [0.05, 0.1) is 29.8 Å². The fourth-order valence-corrected chi connectivity index (χ4v) is 4.83. The molecule has 4 aromatic rings. The van der Waals surface area contributed by atoms with Gasteiger partial charge in [-0.2, -0.15) is 10.2 Å². The highest BCUT2D eigenvalue weighted by atomic mass is 16.2. The molecule has 0 saturated carbocycles. The van der Waals surface area contributed by atoms with Crippen molar-refractivity contribution in [1.29, 1.82) is 0 Å². The SMILES string of the molecule is CC(=O)N1C[C@H](C)N(c2cncc(-c3cc(-c4cnn(C)c4)c4c(N)ncnn34)c2)C(=O)C1(C)C. The van der Waals surface area contributed by atoms with Crippen LogP contribution in [0.2, 0.25) is 0 Å². The Bertz CT molecular complexity index is 1470. The number of anilines is 2. The van der Waals surface area contributed by atoms with E-state index in [-0.39, 0.29) is 17.9 Å². The van der Waals surface area contributed by atoms with Crippen LogP contribution < -0.4 is 10.6 Å². The van der Waals surface area contributed by atoms with Crippen LogP contribution in [-0.2, 0) is 16.6 Å². The van der Waals surface area contributed by atoms with Gasteiger partial charge >= 0.3 is 0 Å². The number of nitrogens with zero attached hydrogens (tertiary/aromatic N) is 8. The highest BCUT2D eigenvalue weighted by Gasteiger charge is 2.46. The number of hydrogen-bond donors (Lipinski definition) is 1. The summed E-state index contributed by atoms with van der Waals surface area (Å²) in [5.74, 6) is 0.0646. The lowest BCUT2D eigenvalue weighted by atomic mass is 9.94. The quantitative estimate of drug-likeness (QED) is 0.483. The third-order valence-electron chi connectivity index (χ3n) is 6.58. The average Bonchev–Trinajstić information content (AvgIpc) is 3.41. The Morgan fingerprint density at radius 1 is 1.14 bits per heavy atom. The molecule has 5 heterocycles. The van der Waals surface area contributed by atoms with Gasteiger partial charge in [-0.25, -0.2) is 9.50 Å². The molecule has 1 saturated heterocycles. The molecule has 1 fully saturated rings. The fraction of sp³-hybridized carbons (Fsp3) is 0.333. The molecule has 35 heavy (non-hydrogen) atoms. The molecule has 0 aromatic carbocycles. The second kappa shape index (κ2) is 7.90. The maximum absolute atomic E-state index is 13.5. The summed E-state index contributed by atoms with van der Waals surface area (Å²) in [5.41, 5.74) is 9.84. The average molecular weight is 474 g/mol. The molecule has 0 unspecified atom stereocenters. The van der Waals surface area contributed by atoms with Gasteiger partial charge in [-0.1, -0.05) is 0 Å². The number of amides is 2. The predicted molar refractivity (Wildman–Crippen MR) is 131 cm³/mol. The lowest BCUT2D eigenvalue weighted by Gasteiger charge is -2.48. The number of fused-ring (bicyclic) bond motifs is 1.